The number of para-hydroxylation sites is 1. The van der Waals surface area contributed by atoms with E-state index in [1.165, 1.54) is 11.3 Å². The minimum absolute atomic E-state index is 0.0277. The molecular weight excluding hydrogens is 248 g/mol. The van der Waals surface area contributed by atoms with E-state index in [0.717, 1.165) is 17.7 Å². The van der Waals surface area contributed by atoms with E-state index in [4.69, 9.17) is 4.84 Å². The fraction of sp³-hybridized carbons (Fsp3) is 0.235. The molecule has 2 aromatic rings. The summed E-state index contributed by atoms with van der Waals surface area (Å²) in [6, 6.07) is 18.8. The van der Waals surface area contributed by atoms with Gasteiger partial charge >= 0.3 is 0 Å². The Balaban J connectivity index is 1.71. The predicted octanol–water partition coefficient (Wildman–Crippen LogP) is 3.37. The number of hydrogen-bond acceptors (Lipinski definition) is 3. The number of benzene rings is 2. The largest absolute Gasteiger partial charge is 0.370 e. The van der Waals surface area contributed by atoms with Crippen molar-refractivity contribution >= 4 is 11.4 Å². The number of oxime groups is 1. The highest BCUT2D eigenvalue weighted by Crippen LogP contribution is 2.44. The van der Waals surface area contributed by atoms with Crippen molar-refractivity contribution in [1.29, 1.82) is 0 Å². The van der Waals surface area contributed by atoms with Crippen molar-refractivity contribution in [3.05, 3.63) is 65.7 Å². The van der Waals surface area contributed by atoms with Gasteiger partial charge < -0.3 is 9.74 Å². The van der Waals surface area contributed by atoms with Crippen molar-refractivity contribution in [2.24, 2.45) is 5.16 Å². The first kappa shape index (κ1) is 11.5. The Morgan fingerprint density at radius 2 is 1.80 bits per heavy atom. The quantitative estimate of drug-likeness (QED) is 0.789. The van der Waals surface area contributed by atoms with Crippen LogP contribution in [0.1, 0.15) is 23.5 Å². The molecule has 0 fully saturated rings. The van der Waals surface area contributed by atoms with Crippen molar-refractivity contribution in [1.82, 2.24) is 0 Å². The number of likely N-dealkylation sites (N-methyl/N-ethyl adjacent to an activating group) is 1. The highest BCUT2D eigenvalue weighted by Gasteiger charge is 2.41. The lowest BCUT2D eigenvalue weighted by Crippen LogP contribution is -2.35. The minimum atomic E-state index is 0.0277. The van der Waals surface area contributed by atoms with Crippen molar-refractivity contribution < 1.29 is 4.84 Å². The van der Waals surface area contributed by atoms with Gasteiger partial charge in [-0.05, 0) is 17.2 Å². The van der Waals surface area contributed by atoms with Crippen LogP contribution in [-0.4, -0.2) is 19.0 Å². The molecule has 0 saturated carbocycles. The van der Waals surface area contributed by atoms with Crippen LogP contribution in [0, 0.1) is 0 Å². The summed E-state index contributed by atoms with van der Waals surface area (Å²) in [4.78, 5) is 7.96. The van der Waals surface area contributed by atoms with E-state index in [0.29, 0.717) is 5.92 Å². The Hall–Kier alpha value is -2.29. The molecule has 0 radical (unpaired) electrons. The van der Waals surface area contributed by atoms with Gasteiger partial charge in [0, 0.05) is 19.2 Å². The molecule has 0 spiro atoms. The van der Waals surface area contributed by atoms with E-state index in [1.807, 2.05) is 18.2 Å². The van der Waals surface area contributed by atoms with Gasteiger partial charge in [-0.1, -0.05) is 53.7 Å². The molecule has 2 aliphatic heterocycles. The van der Waals surface area contributed by atoms with E-state index in [2.05, 4.69) is 53.5 Å². The summed E-state index contributed by atoms with van der Waals surface area (Å²) < 4.78 is 0. The third-order valence-corrected chi connectivity index (χ3v) is 4.23. The van der Waals surface area contributed by atoms with Crippen LogP contribution in [-0.2, 0) is 4.84 Å². The first-order valence-electron chi connectivity index (χ1n) is 6.94. The van der Waals surface area contributed by atoms with Gasteiger partial charge in [0.05, 0.1) is 11.6 Å². The fourth-order valence-electron chi connectivity index (χ4n) is 3.20. The summed E-state index contributed by atoms with van der Waals surface area (Å²) in [7, 11) is 2.08. The average molecular weight is 264 g/mol. The summed E-state index contributed by atoms with van der Waals surface area (Å²) >= 11 is 0. The van der Waals surface area contributed by atoms with Gasteiger partial charge in [-0.25, -0.2) is 0 Å². The molecule has 100 valence electrons. The number of fused-ring (bicyclic) bond motifs is 3. The average Bonchev–Trinajstić information content (AvgIpc) is 2.81. The lowest BCUT2D eigenvalue weighted by atomic mass is 9.91. The minimum Gasteiger partial charge on any atom is -0.370 e. The van der Waals surface area contributed by atoms with Crippen LogP contribution in [0.5, 0.6) is 0 Å². The molecule has 2 atom stereocenters. The van der Waals surface area contributed by atoms with Crippen molar-refractivity contribution in [3.63, 3.8) is 0 Å². The Bertz CT molecular complexity index is 666. The van der Waals surface area contributed by atoms with Crippen LogP contribution >= 0.6 is 0 Å². The van der Waals surface area contributed by atoms with Gasteiger partial charge in [0.15, 0.2) is 0 Å². The normalized spacial score (nSPS) is 23.6. The SMILES string of the molecule is CN1c2ccccc2C2CC(c3ccccc3)=NOC21. The number of rotatable bonds is 1. The van der Waals surface area contributed by atoms with Gasteiger partial charge in [0.25, 0.3) is 0 Å². The van der Waals surface area contributed by atoms with E-state index in [1.54, 1.807) is 0 Å². The first-order valence-corrected chi connectivity index (χ1v) is 6.94. The molecule has 0 amide bonds. The highest BCUT2D eigenvalue weighted by molar-refractivity contribution is 6.01. The predicted molar refractivity (Wildman–Crippen MR) is 80.1 cm³/mol. The molecule has 20 heavy (non-hydrogen) atoms. The van der Waals surface area contributed by atoms with Crippen molar-refractivity contribution in [2.45, 2.75) is 18.6 Å². The Morgan fingerprint density at radius 3 is 2.65 bits per heavy atom. The van der Waals surface area contributed by atoms with Gasteiger partial charge in [-0.15, -0.1) is 0 Å². The molecule has 2 unspecified atom stereocenters. The maximum Gasteiger partial charge on any atom is 0.207 e. The number of anilines is 1. The smallest absolute Gasteiger partial charge is 0.207 e. The van der Waals surface area contributed by atoms with E-state index >= 15 is 0 Å². The zero-order valence-electron chi connectivity index (χ0n) is 11.4. The highest BCUT2D eigenvalue weighted by atomic mass is 16.7. The van der Waals surface area contributed by atoms with Gasteiger partial charge in [0.1, 0.15) is 0 Å². The summed E-state index contributed by atoms with van der Waals surface area (Å²) in [5.74, 6) is 0.365. The molecule has 0 aromatic heterocycles. The third kappa shape index (κ3) is 1.63. The fourth-order valence-corrected chi connectivity index (χ4v) is 3.20. The lowest BCUT2D eigenvalue weighted by molar-refractivity contribution is 0.0374. The maximum absolute atomic E-state index is 5.78. The molecule has 0 saturated heterocycles. The molecule has 0 bridgehead atoms. The second-order valence-electron chi connectivity index (χ2n) is 5.38. The van der Waals surface area contributed by atoms with Gasteiger partial charge in [-0.3, -0.25) is 0 Å². The third-order valence-electron chi connectivity index (χ3n) is 4.23. The zero-order valence-corrected chi connectivity index (χ0v) is 11.4. The molecule has 0 aliphatic carbocycles. The Labute approximate surface area is 118 Å². The first-order chi connectivity index (χ1) is 9.84. The van der Waals surface area contributed by atoms with Crippen LogP contribution < -0.4 is 4.90 Å². The van der Waals surface area contributed by atoms with Crippen molar-refractivity contribution in [3.8, 4) is 0 Å². The van der Waals surface area contributed by atoms with Crippen LogP contribution in [0.15, 0.2) is 59.8 Å². The number of nitrogens with zero attached hydrogens (tertiary/aromatic N) is 2. The summed E-state index contributed by atoms with van der Waals surface area (Å²) in [5, 5.41) is 4.35. The molecule has 2 aliphatic rings. The summed E-state index contributed by atoms with van der Waals surface area (Å²) in [6.45, 7) is 0. The van der Waals surface area contributed by atoms with Crippen LogP contribution in [0.2, 0.25) is 0 Å². The standard InChI is InChI=1S/C17H16N2O/c1-19-16-10-6-5-9-13(16)14-11-15(18-20-17(14)19)12-7-3-2-4-8-12/h2-10,14,17H,11H2,1H3. The zero-order chi connectivity index (χ0) is 13.5. The van der Waals surface area contributed by atoms with E-state index in [-0.39, 0.29) is 6.23 Å². The summed E-state index contributed by atoms with van der Waals surface area (Å²) in [5.41, 5.74) is 4.81. The second-order valence-corrected chi connectivity index (χ2v) is 5.38. The number of hydrogen-bond donors (Lipinski definition) is 0. The topological polar surface area (TPSA) is 24.8 Å². The molecule has 3 heteroatoms. The van der Waals surface area contributed by atoms with Crippen LogP contribution in [0.25, 0.3) is 0 Å². The Morgan fingerprint density at radius 1 is 1.05 bits per heavy atom. The Kier molecular flexibility index (Phi) is 2.52. The van der Waals surface area contributed by atoms with Crippen LogP contribution in [0.4, 0.5) is 5.69 Å². The monoisotopic (exact) mass is 264 g/mol. The molecule has 2 aromatic carbocycles. The maximum atomic E-state index is 5.78. The van der Waals surface area contributed by atoms with Gasteiger partial charge in [-0.2, -0.15) is 0 Å². The molecule has 4 rings (SSSR count). The van der Waals surface area contributed by atoms with Crippen molar-refractivity contribution in [2.75, 3.05) is 11.9 Å². The molecule has 0 N–H and O–H groups in total. The van der Waals surface area contributed by atoms with E-state index in [9.17, 15) is 0 Å². The van der Waals surface area contributed by atoms with E-state index < -0.39 is 0 Å². The molecular formula is C17H16N2O. The lowest BCUT2D eigenvalue weighted by Gasteiger charge is -2.28. The second kappa shape index (κ2) is 4.37. The molecule has 3 nitrogen and oxygen atoms in total. The van der Waals surface area contributed by atoms with Crippen LogP contribution in [0.3, 0.4) is 0 Å². The molecule has 2 heterocycles. The van der Waals surface area contributed by atoms with Gasteiger partial charge in [0.2, 0.25) is 6.23 Å². The summed E-state index contributed by atoms with van der Waals surface area (Å²) in [6.07, 6.45) is 0.954.